The van der Waals surface area contributed by atoms with Crippen LogP contribution in [0.1, 0.15) is 44.6 Å². The van der Waals surface area contributed by atoms with Crippen LogP contribution < -0.4 is 4.74 Å². The molecule has 30 heavy (non-hydrogen) atoms. The van der Waals surface area contributed by atoms with Crippen LogP contribution in [0.3, 0.4) is 0 Å². The van der Waals surface area contributed by atoms with Gasteiger partial charge in [0.05, 0.1) is 6.61 Å². The lowest BCUT2D eigenvalue weighted by Gasteiger charge is -2.04. The molecule has 2 rings (SSSR count). The van der Waals surface area contributed by atoms with Crippen molar-refractivity contribution in [3.63, 3.8) is 0 Å². The number of hydrogen-bond donors (Lipinski definition) is 1. The molecule has 1 N–H and O–H groups in total. The van der Waals surface area contributed by atoms with Crippen molar-refractivity contribution in [1.82, 2.24) is 4.98 Å². The highest BCUT2D eigenvalue weighted by atomic mass is 16.5. The average Bonchev–Trinajstić information content (AvgIpc) is 3.04. The van der Waals surface area contributed by atoms with Gasteiger partial charge in [-0.1, -0.05) is 12.1 Å². The quantitative estimate of drug-likeness (QED) is 0.383. The third-order valence-electron chi connectivity index (χ3n) is 4.14. The Kier molecular flexibility index (Phi) is 7.94. The first-order valence-electron chi connectivity index (χ1n) is 9.21. The number of aromatic amines is 1. The first kappa shape index (κ1) is 22.4. The van der Waals surface area contributed by atoms with E-state index in [0.717, 1.165) is 5.56 Å². The molecule has 0 aliphatic rings. The smallest absolute Gasteiger partial charge is 0.355 e. The summed E-state index contributed by atoms with van der Waals surface area (Å²) in [4.78, 5) is 39.2. The van der Waals surface area contributed by atoms with Crippen LogP contribution in [-0.4, -0.2) is 42.5 Å². The lowest BCUT2D eigenvalue weighted by atomic mass is 10.1. The molecule has 0 radical (unpaired) electrons. The Morgan fingerprint density at radius 1 is 1.13 bits per heavy atom. The fraction of sp³-hybridized carbons (Fsp3) is 0.273. The average molecular weight is 410 g/mol. The van der Waals surface area contributed by atoms with E-state index in [9.17, 15) is 14.4 Å². The van der Waals surface area contributed by atoms with E-state index in [4.69, 9.17) is 19.5 Å². The highest BCUT2D eigenvalue weighted by molar-refractivity contribution is 6.04. The SMILES string of the molecule is CCOC(=O)c1[nH]c(C)c(C(=O)COC(=O)/C=C/c2ccc(OCC#N)cc2)c1C. The van der Waals surface area contributed by atoms with Crippen LogP contribution in [0, 0.1) is 25.2 Å². The number of hydrogen-bond acceptors (Lipinski definition) is 7. The summed E-state index contributed by atoms with van der Waals surface area (Å²) in [6.07, 6.45) is 2.74. The summed E-state index contributed by atoms with van der Waals surface area (Å²) >= 11 is 0. The molecule has 0 aliphatic carbocycles. The lowest BCUT2D eigenvalue weighted by Crippen LogP contribution is -2.14. The van der Waals surface area contributed by atoms with Gasteiger partial charge >= 0.3 is 11.9 Å². The van der Waals surface area contributed by atoms with Crippen molar-refractivity contribution in [2.45, 2.75) is 20.8 Å². The van der Waals surface area contributed by atoms with E-state index in [1.807, 2.05) is 6.07 Å². The Labute approximate surface area is 174 Å². The second kappa shape index (κ2) is 10.6. The zero-order chi connectivity index (χ0) is 22.1. The number of ether oxygens (including phenoxy) is 3. The van der Waals surface area contributed by atoms with Crippen LogP contribution in [0.5, 0.6) is 5.75 Å². The maximum atomic E-state index is 12.5. The topological polar surface area (TPSA) is 118 Å². The third kappa shape index (κ3) is 5.82. The van der Waals surface area contributed by atoms with Gasteiger partial charge in [-0.05, 0) is 50.1 Å². The van der Waals surface area contributed by atoms with Crippen LogP contribution in [0.4, 0.5) is 0 Å². The number of aromatic nitrogens is 1. The molecule has 0 aliphatic heterocycles. The lowest BCUT2D eigenvalue weighted by molar-refractivity contribution is -0.136. The molecule has 8 heteroatoms. The van der Waals surface area contributed by atoms with Gasteiger partial charge in [-0.25, -0.2) is 9.59 Å². The normalized spacial score (nSPS) is 10.5. The van der Waals surface area contributed by atoms with Crippen LogP contribution in [0.15, 0.2) is 30.3 Å². The maximum Gasteiger partial charge on any atom is 0.355 e. The summed E-state index contributed by atoms with van der Waals surface area (Å²) in [6, 6.07) is 8.64. The molecule has 0 bridgehead atoms. The van der Waals surface area contributed by atoms with Crippen molar-refractivity contribution in [3.8, 4) is 11.8 Å². The van der Waals surface area contributed by atoms with Crippen molar-refractivity contribution >= 4 is 23.8 Å². The number of H-pyrrole nitrogens is 1. The molecule has 0 amide bonds. The molecule has 156 valence electrons. The Morgan fingerprint density at radius 2 is 1.83 bits per heavy atom. The van der Waals surface area contributed by atoms with Gasteiger partial charge in [0.1, 0.15) is 17.5 Å². The van der Waals surface area contributed by atoms with Crippen LogP contribution in [0.2, 0.25) is 0 Å². The number of nitriles is 1. The number of nitrogens with one attached hydrogen (secondary N) is 1. The fourth-order valence-electron chi connectivity index (χ4n) is 2.79. The van der Waals surface area contributed by atoms with Gasteiger partial charge in [0.15, 0.2) is 13.2 Å². The van der Waals surface area contributed by atoms with Crippen LogP contribution in [0.25, 0.3) is 6.08 Å². The van der Waals surface area contributed by atoms with Gasteiger partial charge in [-0.15, -0.1) is 0 Å². The van der Waals surface area contributed by atoms with Crippen molar-refractivity contribution in [2.24, 2.45) is 0 Å². The summed E-state index contributed by atoms with van der Waals surface area (Å²) in [5, 5.41) is 8.48. The predicted octanol–water partition coefficient (Wildman–Crippen LogP) is 3.15. The molecule has 0 saturated heterocycles. The zero-order valence-electron chi connectivity index (χ0n) is 17.0. The van der Waals surface area contributed by atoms with E-state index in [1.54, 1.807) is 45.0 Å². The molecule has 0 spiro atoms. The van der Waals surface area contributed by atoms with Gasteiger partial charge < -0.3 is 19.2 Å². The second-order valence-electron chi connectivity index (χ2n) is 6.23. The van der Waals surface area contributed by atoms with Gasteiger partial charge in [-0.2, -0.15) is 5.26 Å². The predicted molar refractivity (Wildman–Crippen MR) is 108 cm³/mol. The number of nitrogens with zero attached hydrogens (tertiary/aromatic N) is 1. The summed E-state index contributed by atoms with van der Waals surface area (Å²) in [7, 11) is 0. The molecule has 1 heterocycles. The van der Waals surface area contributed by atoms with E-state index < -0.39 is 24.3 Å². The highest BCUT2D eigenvalue weighted by Crippen LogP contribution is 2.19. The summed E-state index contributed by atoms with van der Waals surface area (Å²) in [5.74, 6) is -1.09. The van der Waals surface area contributed by atoms with E-state index in [0.29, 0.717) is 22.6 Å². The Bertz CT molecular complexity index is 996. The number of benzene rings is 1. The molecule has 1 aromatic heterocycles. The molecule has 8 nitrogen and oxygen atoms in total. The van der Waals surface area contributed by atoms with Crippen molar-refractivity contribution in [1.29, 1.82) is 5.26 Å². The van der Waals surface area contributed by atoms with Gasteiger partial charge in [-0.3, -0.25) is 4.79 Å². The largest absolute Gasteiger partial charge is 0.479 e. The van der Waals surface area contributed by atoms with Crippen molar-refractivity contribution in [2.75, 3.05) is 19.8 Å². The van der Waals surface area contributed by atoms with Gasteiger partial charge in [0.2, 0.25) is 5.78 Å². The van der Waals surface area contributed by atoms with Crippen LogP contribution in [-0.2, 0) is 14.3 Å². The monoisotopic (exact) mass is 410 g/mol. The number of carbonyl (C=O) groups is 3. The first-order chi connectivity index (χ1) is 14.4. The minimum atomic E-state index is -0.676. The molecule has 2 aromatic rings. The summed E-state index contributed by atoms with van der Waals surface area (Å²) < 4.78 is 15.1. The first-order valence-corrected chi connectivity index (χ1v) is 9.21. The van der Waals surface area contributed by atoms with Gasteiger partial charge in [0, 0.05) is 17.3 Å². The zero-order valence-corrected chi connectivity index (χ0v) is 17.0. The number of esters is 2. The van der Waals surface area contributed by atoms with E-state index in [-0.39, 0.29) is 18.9 Å². The second-order valence-corrected chi connectivity index (χ2v) is 6.23. The van der Waals surface area contributed by atoms with E-state index >= 15 is 0 Å². The fourth-order valence-corrected chi connectivity index (χ4v) is 2.79. The van der Waals surface area contributed by atoms with Crippen molar-refractivity contribution in [3.05, 3.63) is 58.4 Å². The number of Topliss-reactive ketones (excluding diaryl/α,β-unsaturated/α-hetero) is 1. The molecule has 0 fully saturated rings. The highest BCUT2D eigenvalue weighted by Gasteiger charge is 2.23. The molecule has 1 aromatic carbocycles. The molecular weight excluding hydrogens is 388 g/mol. The Balaban J connectivity index is 1.95. The molecule has 0 unspecified atom stereocenters. The number of ketones is 1. The van der Waals surface area contributed by atoms with Gasteiger partial charge in [0.25, 0.3) is 0 Å². The van der Waals surface area contributed by atoms with Crippen molar-refractivity contribution < 1.29 is 28.6 Å². The maximum absolute atomic E-state index is 12.5. The minimum Gasteiger partial charge on any atom is -0.479 e. The Hall–Kier alpha value is -3.86. The van der Waals surface area contributed by atoms with E-state index in [1.165, 1.54) is 12.2 Å². The van der Waals surface area contributed by atoms with E-state index in [2.05, 4.69) is 4.98 Å². The molecule has 0 atom stereocenters. The Morgan fingerprint density at radius 3 is 2.47 bits per heavy atom. The molecule has 0 saturated carbocycles. The number of aryl methyl sites for hydroxylation is 1. The summed E-state index contributed by atoms with van der Waals surface area (Å²) in [5.41, 5.74) is 2.21. The summed E-state index contributed by atoms with van der Waals surface area (Å²) in [6.45, 7) is 4.71. The van der Waals surface area contributed by atoms with Crippen LogP contribution >= 0.6 is 0 Å². The third-order valence-corrected chi connectivity index (χ3v) is 4.14. The standard InChI is InChI=1S/C22H22N2O6/c1-4-28-22(27)21-14(2)20(15(3)24-21)18(25)13-30-19(26)10-7-16-5-8-17(9-6-16)29-12-11-23/h5-10,24H,4,12-13H2,1-3H3/b10-7+. The molecular formula is C22H22N2O6. The number of rotatable bonds is 9. The minimum absolute atomic E-state index is 0.0447. The number of carbonyl (C=O) groups excluding carboxylic acids is 3.